The van der Waals surface area contributed by atoms with Gasteiger partial charge in [0, 0.05) is 30.1 Å². The summed E-state index contributed by atoms with van der Waals surface area (Å²) in [6, 6.07) is 0.816. The molecular weight excluding hydrogens is 237 g/mol. The van der Waals surface area contributed by atoms with Crippen LogP contribution in [0.15, 0.2) is 17.2 Å². The molecule has 0 spiro atoms. The Morgan fingerprint density at radius 1 is 1.35 bits per heavy atom. The van der Waals surface area contributed by atoms with E-state index in [-0.39, 0.29) is 13.1 Å². The normalized spacial score (nSPS) is 9.59. The van der Waals surface area contributed by atoms with Gasteiger partial charge in [-0.25, -0.2) is 13.2 Å². The van der Waals surface area contributed by atoms with Crippen LogP contribution in [0.4, 0.5) is 13.2 Å². The Balaban J connectivity index is 2.78. The Labute approximate surface area is 93.9 Å². The smallest absolute Gasteiger partial charge is 0.257 e. The molecule has 1 amide bonds. The van der Waals surface area contributed by atoms with Gasteiger partial charge in [-0.15, -0.1) is 0 Å². The van der Waals surface area contributed by atoms with Crippen molar-refractivity contribution in [1.82, 2.24) is 5.32 Å². The lowest BCUT2D eigenvalue weighted by atomic mass is 10.2. The number of hydrogen-bond acceptors (Lipinski definition) is 2. The number of amides is 1. The van der Waals surface area contributed by atoms with E-state index < -0.39 is 28.9 Å². The molecule has 0 aliphatic rings. The monoisotopic (exact) mass is 244 g/mol. The quantitative estimate of drug-likeness (QED) is 0.374. The van der Waals surface area contributed by atoms with Gasteiger partial charge in [0.05, 0.1) is 0 Å². The van der Waals surface area contributed by atoms with Crippen LogP contribution in [-0.4, -0.2) is 19.0 Å². The summed E-state index contributed by atoms with van der Waals surface area (Å²) in [6.07, 6.45) is 0. The second-order valence-corrected chi connectivity index (χ2v) is 2.95. The van der Waals surface area contributed by atoms with Gasteiger partial charge in [0.2, 0.25) is 0 Å². The van der Waals surface area contributed by atoms with E-state index in [2.05, 4.69) is 15.3 Å². The van der Waals surface area contributed by atoms with Crippen molar-refractivity contribution in [1.29, 1.82) is 0 Å². The van der Waals surface area contributed by atoms with Crippen LogP contribution in [0.25, 0.3) is 10.4 Å². The topological polar surface area (TPSA) is 77.9 Å². The number of hydrogen-bond donors (Lipinski definition) is 1. The van der Waals surface area contributed by atoms with Gasteiger partial charge in [0.1, 0.15) is 23.0 Å². The molecule has 0 aliphatic heterocycles. The van der Waals surface area contributed by atoms with Crippen molar-refractivity contribution in [2.45, 2.75) is 0 Å². The zero-order valence-corrected chi connectivity index (χ0v) is 8.45. The van der Waals surface area contributed by atoms with Crippen molar-refractivity contribution in [2.75, 3.05) is 13.1 Å². The maximum atomic E-state index is 13.1. The number of carbonyl (C=O) groups is 1. The summed E-state index contributed by atoms with van der Waals surface area (Å²) >= 11 is 0. The Morgan fingerprint density at radius 2 is 1.94 bits per heavy atom. The molecule has 1 aromatic carbocycles. The SMILES string of the molecule is [N-]=[N+]=NCCNC(=O)c1c(F)cc(F)cc1F. The summed E-state index contributed by atoms with van der Waals surface area (Å²) in [5.41, 5.74) is 7.08. The molecule has 0 unspecified atom stereocenters. The maximum absolute atomic E-state index is 13.1. The number of nitrogens with one attached hydrogen (secondary N) is 1. The van der Waals surface area contributed by atoms with Crippen molar-refractivity contribution in [2.24, 2.45) is 5.11 Å². The van der Waals surface area contributed by atoms with Gasteiger partial charge in [-0.1, -0.05) is 5.11 Å². The highest BCUT2D eigenvalue weighted by Crippen LogP contribution is 2.14. The minimum atomic E-state index is -1.29. The van der Waals surface area contributed by atoms with Crippen LogP contribution in [0.2, 0.25) is 0 Å². The average molecular weight is 244 g/mol. The van der Waals surface area contributed by atoms with E-state index in [4.69, 9.17) is 5.53 Å². The first-order valence-corrected chi connectivity index (χ1v) is 4.50. The molecule has 0 fully saturated rings. The Hall–Kier alpha value is -2.21. The first-order valence-electron chi connectivity index (χ1n) is 4.50. The molecule has 0 radical (unpaired) electrons. The van der Waals surface area contributed by atoms with Gasteiger partial charge in [-0.05, 0) is 5.53 Å². The molecule has 90 valence electrons. The number of nitrogens with zero attached hydrogens (tertiary/aromatic N) is 3. The summed E-state index contributed by atoms with van der Waals surface area (Å²) in [4.78, 5) is 13.7. The predicted molar refractivity (Wildman–Crippen MR) is 52.7 cm³/mol. The van der Waals surface area contributed by atoms with Gasteiger partial charge in [-0.3, -0.25) is 4.79 Å². The highest BCUT2D eigenvalue weighted by Gasteiger charge is 2.18. The molecule has 17 heavy (non-hydrogen) atoms. The van der Waals surface area contributed by atoms with Gasteiger partial charge < -0.3 is 5.32 Å². The average Bonchev–Trinajstić information content (AvgIpc) is 2.23. The fourth-order valence-electron chi connectivity index (χ4n) is 1.11. The summed E-state index contributed by atoms with van der Waals surface area (Å²) in [5, 5.41) is 5.24. The molecular formula is C9H7F3N4O. The lowest BCUT2D eigenvalue weighted by Gasteiger charge is -2.05. The summed E-state index contributed by atoms with van der Waals surface area (Å²) < 4.78 is 38.8. The molecule has 5 nitrogen and oxygen atoms in total. The first-order chi connectivity index (χ1) is 8.06. The van der Waals surface area contributed by atoms with Crippen molar-refractivity contribution in [3.63, 3.8) is 0 Å². The number of rotatable bonds is 4. The number of azide groups is 1. The molecule has 1 rings (SSSR count). The molecule has 0 saturated carbocycles. The molecule has 8 heteroatoms. The van der Waals surface area contributed by atoms with Crippen molar-refractivity contribution in [3.8, 4) is 0 Å². The van der Waals surface area contributed by atoms with Crippen LogP contribution in [0.1, 0.15) is 10.4 Å². The van der Waals surface area contributed by atoms with E-state index in [0.717, 1.165) is 0 Å². The van der Waals surface area contributed by atoms with Crippen molar-refractivity contribution in [3.05, 3.63) is 45.6 Å². The summed E-state index contributed by atoms with van der Waals surface area (Å²) in [7, 11) is 0. The van der Waals surface area contributed by atoms with Crippen LogP contribution in [-0.2, 0) is 0 Å². The minimum absolute atomic E-state index is 0.0489. The van der Waals surface area contributed by atoms with Gasteiger partial charge in [0.25, 0.3) is 5.91 Å². The van der Waals surface area contributed by atoms with Crippen molar-refractivity contribution >= 4 is 5.91 Å². The number of halogens is 3. The third kappa shape index (κ3) is 3.39. The third-order valence-corrected chi connectivity index (χ3v) is 1.79. The van der Waals surface area contributed by atoms with Crippen LogP contribution in [0.3, 0.4) is 0 Å². The molecule has 0 aromatic heterocycles. The molecule has 1 N–H and O–H groups in total. The highest BCUT2D eigenvalue weighted by molar-refractivity contribution is 5.94. The zero-order valence-electron chi connectivity index (χ0n) is 8.45. The Morgan fingerprint density at radius 3 is 2.47 bits per heavy atom. The molecule has 0 atom stereocenters. The predicted octanol–water partition coefficient (Wildman–Crippen LogP) is 2.14. The van der Waals surface area contributed by atoms with E-state index in [1.165, 1.54) is 0 Å². The van der Waals surface area contributed by atoms with Crippen LogP contribution >= 0.6 is 0 Å². The molecule has 0 bridgehead atoms. The third-order valence-electron chi connectivity index (χ3n) is 1.79. The Bertz CT molecular complexity index is 462. The number of carbonyl (C=O) groups excluding carboxylic acids is 1. The lowest BCUT2D eigenvalue weighted by molar-refractivity contribution is 0.0946. The molecule has 0 saturated heterocycles. The van der Waals surface area contributed by atoms with Crippen LogP contribution in [0, 0.1) is 17.5 Å². The van der Waals surface area contributed by atoms with E-state index >= 15 is 0 Å². The van der Waals surface area contributed by atoms with Crippen LogP contribution < -0.4 is 5.32 Å². The fourth-order valence-corrected chi connectivity index (χ4v) is 1.11. The van der Waals surface area contributed by atoms with Gasteiger partial charge >= 0.3 is 0 Å². The van der Waals surface area contributed by atoms with E-state index in [1.807, 2.05) is 0 Å². The molecule has 0 heterocycles. The molecule has 1 aromatic rings. The van der Waals surface area contributed by atoms with E-state index in [1.54, 1.807) is 0 Å². The second-order valence-electron chi connectivity index (χ2n) is 2.95. The van der Waals surface area contributed by atoms with Gasteiger partial charge in [0.15, 0.2) is 0 Å². The van der Waals surface area contributed by atoms with E-state index in [9.17, 15) is 18.0 Å². The van der Waals surface area contributed by atoms with Gasteiger partial charge in [-0.2, -0.15) is 0 Å². The maximum Gasteiger partial charge on any atom is 0.257 e. The van der Waals surface area contributed by atoms with Crippen molar-refractivity contribution < 1.29 is 18.0 Å². The zero-order chi connectivity index (χ0) is 12.8. The fraction of sp³-hybridized carbons (Fsp3) is 0.222. The lowest BCUT2D eigenvalue weighted by Crippen LogP contribution is -2.27. The highest BCUT2D eigenvalue weighted by atomic mass is 19.1. The first kappa shape index (κ1) is 12.9. The summed E-state index contributed by atoms with van der Waals surface area (Å²) in [6.45, 7) is -0.119. The molecule has 0 aliphatic carbocycles. The summed E-state index contributed by atoms with van der Waals surface area (Å²) in [5.74, 6) is -4.72. The Kier molecular flexibility index (Phi) is 4.36. The number of benzene rings is 1. The second kappa shape index (κ2) is 5.76. The standard InChI is InChI=1S/C9H7F3N4O/c10-5-3-6(11)8(7(12)4-5)9(17)14-1-2-15-16-13/h3-4H,1-2H2,(H,14,17). The van der Waals surface area contributed by atoms with Crippen LogP contribution in [0.5, 0.6) is 0 Å². The largest absolute Gasteiger partial charge is 0.352 e. The minimum Gasteiger partial charge on any atom is -0.352 e. The van der Waals surface area contributed by atoms with E-state index in [0.29, 0.717) is 12.1 Å².